The molecule has 0 spiro atoms. The molecule has 0 aliphatic heterocycles. The number of hydrogen-bond acceptors (Lipinski definition) is 3. The lowest BCUT2D eigenvalue weighted by molar-refractivity contribution is 0.326. The van der Waals surface area contributed by atoms with Crippen LogP contribution in [-0.2, 0) is 0 Å². The van der Waals surface area contributed by atoms with E-state index in [0.717, 1.165) is 11.1 Å². The molecule has 0 bridgehead atoms. The van der Waals surface area contributed by atoms with Crippen molar-refractivity contribution in [3.05, 3.63) is 40.2 Å². The minimum atomic E-state index is -0.872. The monoisotopic (exact) mass is 282 g/mol. The molecule has 1 aromatic carbocycles. The van der Waals surface area contributed by atoms with E-state index in [9.17, 15) is 8.78 Å². The van der Waals surface area contributed by atoms with Gasteiger partial charge in [-0.2, -0.15) is 0 Å². The third-order valence-electron chi connectivity index (χ3n) is 2.95. The number of halogens is 2. The van der Waals surface area contributed by atoms with Crippen molar-refractivity contribution in [3.8, 4) is 11.3 Å². The zero-order chi connectivity index (χ0) is 14.2. The van der Waals surface area contributed by atoms with Crippen molar-refractivity contribution in [2.45, 2.75) is 26.8 Å². The highest BCUT2D eigenvalue weighted by Crippen LogP contribution is 2.34. The van der Waals surface area contributed by atoms with Crippen LogP contribution in [-0.4, -0.2) is 4.98 Å². The maximum atomic E-state index is 13.7. The van der Waals surface area contributed by atoms with Crippen LogP contribution >= 0.6 is 11.3 Å². The highest BCUT2D eigenvalue weighted by molar-refractivity contribution is 7.10. The number of hydrogen-bond donors (Lipinski definition) is 1. The summed E-state index contributed by atoms with van der Waals surface area (Å²) in [5.41, 5.74) is 6.58. The average molecular weight is 282 g/mol. The number of rotatable bonds is 2. The summed E-state index contributed by atoms with van der Waals surface area (Å²) in [6, 6.07) is 3.84. The molecule has 2 rings (SSSR count). The molecule has 0 saturated carbocycles. The number of aromatic nitrogens is 1. The minimum Gasteiger partial charge on any atom is -0.322 e. The highest BCUT2D eigenvalue weighted by atomic mass is 32.1. The number of nitrogens with zero attached hydrogens (tertiary/aromatic N) is 1. The quantitative estimate of drug-likeness (QED) is 0.899. The van der Waals surface area contributed by atoms with Crippen molar-refractivity contribution in [3.63, 3.8) is 0 Å². The summed E-state index contributed by atoms with van der Waals surface area (Å²) in [5.74, 6) is -1.74. The van der Waals surface area contributed by atoms with Crippen molar-refractivity contribution in [1.82, 2.24) is 4.98 Å². The fraction of sp³-hybridized carbons (Fsp3) is 0.357. The lowest BCUT2D eigenvalue weighted by Crippen LogP contribution is -2.26. The van der Waals surface area contributed by atoms with Crippen molar-refractivity contribution in [2.75, 3.05) is 0 Å². The van der Waals surface area contributed by atoms with Crippen molar-refractivity contribution in [1.29, 1.82) is 0 Å². The van der Waals surface area contributed by atoms with E-state index in [1.807, 2.05) is 20.8 Å². The Labute approximate surface area is 115 Å². The Kier molecular flexibility index (Phi) is 3.69. The zero-order valence-electron chi connectivity index (χ0n) is 11.1. The average Bonchev–Trinajstić information content (AvgIpc) is 2.79. The van der Waals surface area contributed by atoms with Crippen molar-refractivity contribution < 1.29 is 8.78 Å². The predicted octanol–water partition coefficient (Wildman–Crippen LogP) is 4.13. The van der Waals surface area contributed by atoms with Crippen molar-refractivity contribution >= 4 is 11.3 Å². The fourth-order valence-electron chi connectivity index (χ4n) is 1.63. The summed E-state index contributed by atoms with van der Waals surface area (Å²) in [5, 5.41) is 2.44. The molecular weight excluding hydrogens is 266 g/mol. The number of nitrogens with two attached hydrogens (primary N) is 1. The molecule has 1 aromatic heterocycles. The first kappa shape index (κ1) is 14.1. The molecule has 1 unspecified atom stereocenters. The van der Waals surface area contributed by atoms with Crippen LogP contribution in [0.25, 0.3) is 11.3 Å². The van der Waals surface area contributed by atoms with Gasteiger partial charge in [-0.05, 0) is 17.5 Å². The van der Waals surface area contributed by atoms with E-state index in [0.29, 0.717) is 5.69 Å². The molecule has 2 nitrogen and oxygen atoms in total. The van der Waals surface area contributed by atoms with E-state index in [2.05, 4.69) is 4.98 Å². The lowest BCUT2D eigenvalue weighted by Gasteiger charge is -2.24. The third-order valence-corrected chi connectivity index (χ3v) is 3.88. The molecule has 0 amide bonds. The van der Waals surface area contributed by atoms with E-state index in [1.165, 1.54) is 23.5 Å². The van der Waals surface area contributed by atoms with Crippen LogP contribution in [0.4, 0.5) is 8.78 Å². The Morgan fingerprint density at radius 2 is 1.95 bits per heavy atom. The van der Waals surface area contributed by atoms with Crippen LogP contribution in [0.3, 0.4) is 0 Å². The Balaban J connectivity index is 2.39. The van der Waals surface area contributed by atoms with Crippen molar-refractivity contribution in [2.24, 2.45) is 11.1 Å². The van der Waals surface area contributed by atoms with Gasteiger partial charge in [-0.1, -0.05) is 26.8 Å². The molecule has 0 fully saturated rings. The van der Waals surface area contributed by atoms with Crippen LogP contribution in [0.2, 0.25) is 0 Å². The highest BCUT2D eigenvalue weighted by Gasteiger charge is 2.25. The Morgan fingerprint density at radius 1 is 1.26 bits per heavy atom. The molecule has 1 heterocycles. The SMILES string of the molecule is CC(C)(C)C(N)c1nc(-c2cccc(F)c2F)cs1. The summed E-state index contributed by atoms with van der Waals surface area (Å²) in [4.78, 5) is 4.34. The van der Waals surface area contributed by atoms with Gasteiger partial charge in [0.25, 0.3) is 0 Å². The first-order valence-corrected chi connectivity index (χ1v) is 6.84. The first-order valence-electron chi connectivity index (χ1n) is 5.96. The van der Waals surface area contributed by atoms with Gasteiger partial charge in [0, 0.05) is 10.9 Å². The van der Waals surface area contributed by atoms with Crippen LogP contribution in [0.1, 0.15) is 31.8 Å². The van der Waals surface area contributed by atoms with Gasteiger partial charge in [-0.3, -0.25) is 0 Å². The normalized spacial score (nSPS) is 13.6. The second-order valence-electron chi connectivity index (χ2n) is 5.52. The molecule has 1 atom stereocenters. The summed E-state index contributed by atoms with van der Waals surface area (Å²) in [6.07, 6.45) is 0. The van der Waals surface area contributed by atoms with Gasteiger partial charge >= 0.3 is 0 Å². The topological polar surface area (TPSA) is 38.9 Å². The maximum absolute atomic E-state index is 13.7. The minimum absolute atomic E-state index is 0.129. The molecule has 2 aromatic rings. The van der Waals surface area contributed by atoms with Gasteiger partial charge in [0.05, 0.1) is 11.7 Å². The second kappa shape index (κ2) is 4.98. The van der Waals surface area contributed by atoms with Crippen LogP contribution < -0.4 is 5.73 Å². The van der Waals surface area contributed by atoms with E-state index in [4.69, 9.17) is 5.73 Å². The first-order chi connectivity index (χ1) is 8.80. The molecular formula is C14H16F2N2S. The molecule has 0 aliphatic carbocycles. The van der Waals surface area contributed by atoms with E-state index in [1.54, 1.807) is 5.38 Å². The van der Waals surface area contributed by atoms with E-state index in [-0.39, 0.29) is 17.0 Å². The zero-order valence-corrected chi connectivity index (χ0v) is 11.9. The third kappa shape index (κ3) is 2.82. The van der Waals surface area contributed by atoms with Gasteiger partial charge in [-0.15, -0.1) is 11.3 Å². The standard InChI is InChI=1S/C14H16F2N2S/c1-14(2,3)12(17)13-18-10(7-19-13)8-5-4-6-9(15)11(8)16/h4-7,12H,17H2,1-3H3. The molecule has 5 heteroatoms. The van der Waals surface area contributed by atoms with Gasteiger partial charge < -0.3 is 5.73 Å². The molecule has 102 valence electrons. The Hall–Kier alpha value is -1.33. The Morgan fingerprint density at radius 3 is 2.58 bits per heavy atom. The van der Waals surface area contributed by atoms with Gasteiger partial charge in [0.15, 0.2) is 11.6 Å². The van der Waals surface area contributed by atoms with E-state index < -0.39 is 11.6 Å². The van der Waals surface area contributed by atoms with Crippen LogP contribution in [0.5, 0.6) is 0 Å². The molecule has 2 N–H and O–H groups in total. The predicted molar refractivity (Wildman–Crippen MR) is 73.8 cm³/mol. The van der Waals surface area contributed by atoms with Gasteiger partial charge in [0.1, 0.15) is 5.01 Å². The summed E-state index contributed by atoms with van der Waals surface area (Å²) in [7, 11) is 0. The smallest absolute Gasteiger partial charge is 0.168 e. The lowest BCUT2D eigenvalue weighted by atomic mass is 9.88. The molecule has 0 radical (unpaired) electrons. The molecule has 0 aliphatic rings. The largest absolute Gasteiger partial charge is 0.322 e. The molecule has 19 heavy (non-hydrogen) atoms. The van der Waals surface area contributed by atoms with E-state index >= 15 is 0 Å². The van der Waals surface area contributed by atoms with Crippen LogP contribution in [0, 0.1) is 17.0 Å². The number of benzene rings is 1. The van der Waals surface area contributed by atoms with Crippen LogP contribution in [0.15, 0.2) is 23.6 Å². The summed E-state index contributed by atoms with van der Waals surface area (Å²) < 4.78 is 26.9. The maximum Gasteiger partial charge on any atom is 0.168 e. The Bertz CT molecular complexity index is 587. The molecule has 0 saturated heterocycles. The fourth-order valence-corrected chi connectivity index (χ4v) is 2.69. The summed E-state index contributed by atoms with van der Waals surface area (Å²) in [6.45, 7) is 6.05. The van der Waals surface area contributed by atoms with Gasteiger partial charge in [0.2, 0.25) is 0 Å². The summed E-state index contributed by atoms with van der Waals surface area (Å²) >= 11 is 1.37. The number of thiazole rings is 1. The van der Waals surface area contributed by atoms with Gasteiger partial charge in [-0.25, -0.2) is 13.8 Å². The second-order valence-corrected chi connectivity index (χ2v) is 6.41.